The Morgan fingerprint density at radius 2 is 1.80 bits per heavy atom. The first-order chi connectivity index (χ1) is 14.2. The quantitative estimate of drug-likeness (QED) is 0.585. The van der Waals surface area contributed by atoms with E-state index in [0.29, 0.717) is 4.88 Å². The number of carbonyl (C=O) groups is 2. The van der Waals surface area contributed by atoms with Gasteiger partial charge in [0.2, 0.25) is 10.0 Å². The van der Waals surface area contributed by atoms with Crippen LogP contribution in [0.4, 0.5) is 4.39 Å². The van der Waals surface area contributed by atoms with Gasteiger partial charge in [-0.3, -0.25) is 20.4 Å². The Hall–Kier alpha value is -2.30. The number of hydrazine groups is 1. The first kappa shape index (κ1) is 22.4. The summed E-state index contributed by atoms with van der Waals surface area (Å²) in [7, 11) is -4.27. The molecule has 0 saturated carbocycles. The first-order valence-electron chi connectivity index (χ1n) is 9.67. The topological polar surface area (TPSA) is 104 Å². The van der Waals surface area contributed by atoms with Crippen molar-refractivity contribution in [1.29, 1.82) is 0 Å². The average molecular weight is 454 g/mol. The predicted octanol–water partition coefficient (Wildman–Crippen LogP) is 2.53. The van der Waals surface area contributed by atoms with Gasteiger partial charge in [-0.1, -0.05) is 26.0 Å². The van der Waals surface area contributed by atoms with Crippen molar-refractivity contribution in [2.75, 3.05) is 0 Å². The Morgan fingerprint density at radius 1 is 1.10 bits per heavy atom. The van der Waals surface area contributed by atoms with Crippen LogP contribution in [-0.4, -0.2) is 26.3 Å². The van der Waals surface area contributed by atoms with E-state index in [-0.39, 0.29) is 0 Å². The number of rotatable bonds is 6. The fraction of sp³-hybridized carbons (Fsp3) is 0.400. The van der Waals surface area contributed by atoms with E-state index in [1.807, 2.05) is 6.07 Å². The van der Waals surface area contributed by atoms with Crippen LogP contribution < -0.4 is 15.6 Å². The first-order valence-corrected chi connectivity index (χ1v) is 12.0. The van der Waals surface area contributed by atoms with E-state index in [2.05, 4.69) is 15.6 Å². The normalized spacial score (nSPS) is 14.8. The number of nitrogens with one attached hydrogen (secondary N) is 3. The Bertz CT molecular complexity index is 1030. The van der Waals surface area contributed by atoms with Crippen LogP contribution in [0.3, 0.4) is 0 Å². The molecule has 1 atom stereocenters. The van der Waals surface area contributed by atoms with Crippen LogP contribution in [0.25, 0.3) is 0 Å². The van der Waals surface area contributed by atoms with E-state index in [0.717, 1.165) is 37.8 Å². The predicted molar refractivity (Wildman–Crippen MR) is 112 cm³/mol. The minimum atomic E-state index is -4.27. The van der Waals surface area contributed by atoms with Gasteiger partial charge in [0.05, 0.1) is 4.88 Å². The summed E-state index contributed by atoms with van der Waals surface area (Å²) in [5.74, 6) is -2.55. The Kier molecular flexibility index (Phi) is 6.89. The van der Waals surface area contributed by atoms with E-state index < -0.39 is 44.5 Å². The number of hydrogen-bond acceptors (Lipinski definition) is 5. The van der Waals surface area contributed by atoms with Gasteiger partial charge in [0.15, 0.2) is 0 Å². The van der Waals surface area contributed by atoms with Gasteiger partial charge in [0, 0.05) is 4.88 Å². The van der Waals surface area contributed by atoms with Gasteiger partial charge < -0.3 is 0 Å². The molecular formula is C20H24FN3O4S2. The molecule has 7 nitrogen and oxygen atoms in total. The van der Waals surface area contributed by atoms with Crippen LogP contribution in [0.2, 0.25) is 0 Å². The highest BCUT2D eigenvalue weighted by molar-refractivity contribution is 7.89. The van der Waals surface area contributed by atoms with E-state index in [1.165, 1.54) is 33.9 Å². The molecule has 30 heavy (non-hydrogen) atoms. The van der Waals surface area contributed by atoms with Crippen molar-refractivity contribution in [2.24, 2.45) is 5.92 Å². The molecule has 0 saturated heterocycles. The van der Waals surface area contributed by atoms with Crippen molar-refractivity contribution in [3.05, 3.63) is 51.5 Å². The Labute approximate surface area is 179 Å². The highest BCUT2D eigenvalue weighted by Crippen LogP contribution is 2.29. The van der Waals surface area contributed by atoms with Crippen LogP contribution in [-0.2, 0) is 27.7 Å². The third kappa shape index (κ3) is 5.05. The van der Waals surface area contributed by atoms with Crippen molar-refractivity contribution in [3.63, 3.8) is 0 Å². The minimum absolute atomic E-state index is 0.447. The molecule has 1 aliphatic carbocycles. The lowest BCUT2D eigenvalue weighted by molar-refractivity contribution is -0.124. The zero-order valence-electron chi connectivity index (χ0n) is 16.7. The van der Waals surface area contributed by atoms with Crippen LogP contribution in [0.1, 0.15) is 46.8 Å². The largest absolute Gasteiger partial charge is 0.279 e. The van der Waals surface area contributed by atoms with Crippen LogP contribution in [0.5, 0.6) is 0 Å². The highest BCUT2D eigenvalue weighted by atomic mass is 32.2. The number of amides is 2. The summed E-state index contributed by atoms with van der Waals surface area (Å²) in [6, 6.07) is 5.54. The summed E-state index contributed by atoms with van der Waals surface area (Å²) in [5, 5.41) is 0. The monoisotopic (exact) mass is 453 g/mol. The zero-order chi connectivity index (χ0) is 21.9. The molecule has 3 N–H and O–H groups in total. The van der Waals surface area contributed by atoms with Crippen LogP contribution >= 0.6 is 11.3 Å². The van der Waals surface area contributed by atoms with Crippen molar-refractivity contribution in [2.45, 2.75) is 50.5 Å². The number of carbonyl (C=O) groups excluding carboxylic acids is 2. The molecule has 2 amide bonds. The number of aryl methyl sites for hydroxylation is 2. The molecule has 1 aromatic heterocycles. The van der Waals surface area contributed by atoms with Crippen molar-refractivity contribution in [1.82, 2.24) is 15.6 Å². The van der Waals surface area contributed by atoms with Gasteiger partial charge in [-0.25, -0.2) is 12.8 Å². The average Bonchev–Trinajstić information content (AvgIpc) is 3.14. The van der Waals surface area contributed by atoms with Gasteiger partial charge >= 0.3 is 0 Å². The van der Waals surface area contributed by atoms with Crippen LogP contribution in [0.15, 0.2) is 35.2 Å². The van der Waals surface area contributed by atoms with Gasteiger partial charge in [-0.15, -0.1) is 11.3 Å². The summed E-state index contributed by atoms with van der Waals surface area (Å²) in [6.07, 6.45) is 4.09. The maximum absolute atomic E-state index is 13.9. The molecular weight excluding hydrogens is 429 g/mol. The van der Waals surface area contributed by atoms with E-state index in [9.17, 15) is 22.4 Å². The number of hydrogen-bond donors (Lipinski definition) is 3. The van der Waals surface area contributed by atoms with Gasteiger partial charge in [0.1, 0.15) is 16.8 Å². The summed E-state index contributed by atoms with van der Waals surface area (Å²) in [6.45, 7) is 3.28. The van der Waals surface area contributed by atoms with Crippen molar-refractivity contribution in [3.8, 4) is 0 Å². The minimum Gasteiger partial charge on any atom is -0.271 e. The summed E-state index contributed by atoms with van der Waals surface area (Å²) >= 11 is 1.40. The second-order valence-corrected chi connectivity index (χ2v) is 10.3. The molecule has 2 aromatic rings. The molecule has 162 valence electrons. The van der Waals surface area contributed by atoms with Gasteiger partial charge in [0.25, 0.3) is 11.8 Å². The third-order valence-electron chi connectivity index (χ3n) is 4.88. The molecule has 0 fully saturated rings. The molecule has 0 unspecified atom stereocenters. The second kappa shape index (κ2) is 9.23. The molecule has 1 heterocycles. The summed E-state index contributed by atoms with van der Waals surface area (Å²) in [4.78, 5) is 26.1. The third-order valence-corrected chi connectivity index (χ3v) is 7.59. The number of fused-ring (bicyclic) bond motifs is 1. The molecule has 10 heteroatoms. The van der Waals surface area contributed by atoms with E-state index in [4.69, 9.17) is 0 Å². The van der Waals surface area contributed by atoms with Crippen LogP contribution in [0, 0.1) is 11.7 Å². The maximum Gasteiger partial charge on any atom is 0.279 e. The highest BCUT2D eigenvalue weighted by Gasteiger charge is 2.30. The SMILES string of the molecule is CC(C)[C@@H](NS(=O)(=O)c1ccccc1F)C(=O)NNC(=O)c1cc2c(s1)CCCC2. The Morgan fingerprint density at radius 3 is 2.47 bits per heavy atom. The lowest BCUT2D eigenvalue weighted by Crippen LogP contribution is -2.54. The van der Waals surface area contributed by atoms with Gasteiger partial charge in [-0.2, -0.15) is 4.72 Å². The van der Waals surface area contributed by atoms with Crippen molar-refractivity contribution >= 4 is 33.2 Å². The fourth-order valence-corrected chi connectivity index (χ4v) is 5.82. The number of sulfonamides is 1. The lowest BCUT2D eigenvalue weighted by Gasteiger charge is -2.21. The number of halogens is 1. The van der Waals surface area contributed by atoms with E-state index >= 15 is 0 Å². The van der Waals surface area contributed by atoms with Gasteiger partial charge in [-0.05, 0) is 55.4 Å². The molecule has 1 aliphatic rings. The molecule has 3 rings (SSSR count). The molecule has 0 radical (unpaired) electrons. The maximum atomic E-state index is 13.9. The molecule has 0 aliphatic heterocycles. The smallest absolute Gasteiger partial charge is 0.271 e. The van der Waals surface area contributed by atoms with Crippen molar-refractivity contribution < 1.29 is 22.4 Å². The molecule has 0 bridgehead atoms. The number of thiophene rings is 1. The summed E-state index contributed by atoms with van der Waals surface area (Å²) < 4.78 is 41.2. The lowest BCUT2D eigenvalue weighted by atomic mass is 9.99. The second-order valence-electron chi connectivity index (χ2n) is 7.48. The summed E-state index contributed by atoms with van der Waals surface area (Å²) in [5.41, 5.74) is 5.79. The van der Waals surface area contributed by atoms with E-state index in [1.54, 1.807) is 13.8 Å². The number of benzene rings is 1. The standard InChI is InChI=1S/C20H24FN3O4S2/c1-12(2)18(24-30(27,28)17-10-6-4-8-14(17)21)20(26)23-22-19(25)16-11-13-7-3-5-9-15(13)29-16/h4,6,8,10-12,18,24H,3,5,7,9H2,1-2H3,(H,22,25)(H,23,26)/t18-/m1/s1. The molecule has 1 aromatic carbocycles. The fourth-order valence-electron chi connectivity index (χ4n) is 3.25. The Balaban J connectivity index is 1.66. The zero-order valence-corrected chi connectivity index (χ0v) is 18.3. The molecule has 0 spiro atoms.